The maximum Gasteiger partial charge on any atom is 0.0510 e. The van der Waals surface area contributed by atoms with Crippen molar-refractivity contribution in [2.75, 3.05) is 18.0 Å². The Balaban J connectivity index is 1.64. The normalized spacial score (nSPS) is 22.8. The smallest absolute Gasteiger partial charge is 0.0510 e. The number of rotatable bonds is 5. The number of benzene rings is 1. The monoisotopic (exact) mass is 336 g/mol. The second-order valence-corrected chi connectivity index (χ2v) is 7.53. The van der Waals surface area contributed by atoms with Gasteiger partial charge in [-0.05, 0) is 64.7 Å². The third-order valence-corrected chi connectivity index (χ3v) is 5.33. The fourth-order valence-electron chi connectivity index (χ4n) is 3.02. The van der Waals surface area contributed by atoms with Crippen molar-refractivity contribution in [2.24, 2.45) is 11.8 Å². The topological polar surface area (TPSA) is 15.3 Å². The molecule has 0 bridgehead atoms. The lowest BCUT2D eigenvalue weighted by Gasteiger charge is -2.22. The minimum Gasteiger partial charge on any atom is -0.370 e. The maximum atomic E-state index is 3.77. The highest BCUT2D eigenvalue weighted by Gasteiger charge is 2.26. The molecule has 1 aromatic carbocycles. The van der Waals surface area contributed by atoms with Crippen LogP contribution in [0.1, 0.15) is 38.7 Å². The van der Waals surface area contributed by atoms with Crippen LogP contribution in [0.2, 0.25) is 0 Å². The summed E-state index contributed by atoms with van der Waals surface area (Å²) in [6.07, 6.45) is 4.03. The fraction of sp³-hybridized carbons (Fsp3) is 0.647. The largest absolute Gasteiger partial charge is 0.370 e. The van der Waals surface area contributed by atoms with Crippen LogP contribution < -0.4 is 10.2 Å². The summed E-state index contributed by atoms with van der Waals surface area (Å²) in [5.41, 5.74) is 2.75. The van der Waals surface area contributed by atoms with Gasteiger partial charge in [0.2, 0.25) is 0 Å². The molecule has 1 unspecified atom stereocenters. The van der Waals surface area contributed by atoms with Crippen molar-refractivity contribution in [2.45, 2.75) is 45.7 Å². The van der Waals surface area contributed by atoms with Gasteiger partial charge in [-0.2, -0.15) is 0 Å². The molecule has 3 heteroatoms. The molecule has 1 heterocycles. The molecule has 0 spiro atoms. The molecule has 1 aliphatic heterocycles. The lowest BCUT2D eigenvalue weighted by atomic mass is 9.95. The summed E-state index contributed by atoms with van der Waals surface area (Å²) in [6.45, 7) is 8.08. The Morgan fingerprint density at radius 2 is 2.10 bits per heavy atom. The van der Waals surface area contributed by atoms with Gasteiger partial charge in [0.25, 0.3) is 0 Å². The van der Waals surface area contributed by atoms with E-state index < -0.39 is 0 Å². The predicted octanol–water partition coefficient (Wildman–Crippen LogP) is 4.18. The van der Waals surface area contributed by atoms with Gasteiger partial charge in [-0.25, -0.2) is 0 Å². The van der Waals surface area contributed by atoms with Crippen LogP contribution in [0.25, 0.3) is 0 Å². The summed E-state index contributed by atoms with van der Waals surface area (Å²) in [4.78, 5) is 2.53. The second-order valence-electron chi connectivity index (χ2n) is 6.68. The molecule has 1 saturated heterocycles. The number of nitrogens with zero attached hydrogens (tertiary/aromatic N) is 1. The summed E-state index contributed by atoms with van der Waals surface area (Å²) in [6, 6.07) is 7.63. The van der Waals surface area contributed by atoms with Crippen molar-refractivity contribution in [3.05, 3.63) is 28.2 Å². The number of hydrogen-bond donors (Lipinski definition) is 1. The number of hydrogen-bond acceptors (Lipinski definition) is 2. The van der Waals surface area contributed by atoms with Gasteiger partial charge < -0.3 is 10.2 Å². The van der Waals surface area contributed by atoms with E-state index in [1.807, 2.05) is 0 Å². The van der Waals surface area contributed by atoms with Crippen LogP contribution in [-0.4, -0.2) is 19.1 Å². The predicted molar refractivity (Wildman–Crippen MR) is 89.2 cm³/mol. The van der Waals surface area contributed by atoms with E-state index in [2.05, 4.69) is 58.2 Å². The Labute approximate surface area is 131 Å². The Kier molecular flexibility index (Phi) is 4.37. The molecule has 110 valence electrons. The van der Waals surface area contributed by atoms with E-state index >= 15 is 0 Å². The molecular weight excluding hydrogens is 312 g/mol. The summed E-state index contributed by atoms with van der Waals surface area (Å²) in [5, 5.41) is 3.58. The molecule has 3 rings (SSSR count). The molecule has 1 aliphatic carbocycles. The van der Waals surface area contributed by atoms with Crippen molar-refractivity contribution < 1.29 is 0 Å². The molecule has 1 atom stereocenters. The molecule has 0 aromatic heterocycles. The highest BCUT2D eigenvalue weighted by Crippen LogP contribution is 2.33. The average molecular weight is 337 g/mol. The average Bonchev–Trinajstić information content (AvgIpc) is 3.11. The Hall–Kier alpha value is -0.540. The molecule has 1 N–H and O–H groups in total. The quantitative estimate of drug-likeness (QED) is 0.867. The molecule has 1 saturated carbocycles. The molecule has 20 heavy (non-hydrogen) atoms. The van der Waals surface area contributed by atoms with E-state index in [9.17, 15) is 0 Å². The Morgan fingerprint density at radius 3 is 2.70 bits per heavy atom. The van der Waals surface area contributed by atoms with Gasteiger partial charge in [0, 0.05) is 30.1 Å². The summed E-state index contributed by atoms with van der Waals surface area (Å²) in [7, 11) is 0. The number of halogens is 1. The fourth-order valence-corrected chi connectivity index (χ4v) is 3.69. The molecule has 2 fully saturated rings. The zero-order valence-electron chi connectivity index (χ0n) is 12.5. The van der Waals surface area contributed by atoms with Crippen LogP contribution in [0, 0.1) is 11.8 Å². The van der Waals surface area contributed by atoms with E-state index in [4.69, 9.17) is 0 Å². The Morgan fingerprint density at radius 1 is 1.30 bits per heavy atom. The van der Waals surface area contributed by atoms with Crippen molar-refractivity contribution >= 4 is 21.6 Å². The van der Waals surface area contributed by atoms with Crippen LogP contribution in [0.3, 0.4) is 0 Å². The van der Waals surface area contributed by atoms with Crippen molar-refractivity contribution in [3.63, 3.8) is 0 Å². The molecule has 2 nitrogen and oxygen atoms in total. The second kappa shape index (κ2) is 6.07. The standard InChI is InChI=1S/C17H25BrN2/c1-12(2)14-7-8-20(11-14)17-6-3-13(9-16(17)18)10-19-15-4-5-15/h3,6,9,12,14-15,19H,4-5,7-8,10-11H2,1-2H3. The zero-order chi connectivity index (χ0) is 14.1. The van der Waals surface area contributed by atoms with Crippen molar-refractivity contribution in [3.8, 4) is 0 Å². The first-order valence-electron chi connectivity index (χ1n) is 7.90. The van der Waals surface area contributed by atoms with Crippen LogP contribution >= 0.6 is 15.9 Å². The third-order valence-electron chi connectivity index (χ3n) is 4.69. The summed E-state index contributed by atoms with van der Waals surface area (Å²) < 4.78 is 1.25. The highest BCUT2D eigenvalue weighted by atomic mass is 79.9. The van der Waals surface area contributed by atoms with Gasteiger partial charge in [0.05, 0.1) is 5.69 Å². The Bertz CT molecular complexity index is 468. The highest BCUT2D eigenvalue weighted by molar-refractivity contribution is 9.10. The summed E-state index contributed by atoms with van der Waals surface area (Å²) >= 11 is 3.77. The van der Waals surface area contributed by atoms with Gasteiger partial charge in [-0.1, -0.05) is 19.9 Å². The number of anilines is 1. The van der Waals surface area contributed by atoms with Crippen LogP contribution in [-0.2, 0) is 6.54 Å². The van der Waals surface area contributed by atoms with Crippen molar-refractivity contribution in [1.82, 2.24) is 5.32 Å². The van der Waals surface area contributed by atoms with E-state index in [0.717, 1.165) is 24.4 Å². The summed E-state index contributed by atoms with van der Waals surface area (Å²) in [5.74, 6) is 1.64. The van der Waals surface area contributed by atoms with E-state index in [0.29, 0.717) is 0 Å². The zero-order valence-corrected chi connectivity index (χ0v) is 14.1. The molecule has 2 aliphatic rings. The molecule has 0 amide bonds. The lowest BCUT2D eigenvalue weighted by molar-refractivity contribution is 0.423. The van der Waals surface area contributed by atoms with Gasteiger partial charge in [-0.3, -0.25) is 0 Å². The molecular formula is C17H25BrN2. The van der Waals surface area contributed by atoms with Crippen LogP contribution in [0.4, 0.5) is 5.69 Å². The molecule has 1 aromatic rings. The number of nitrogens with one attached hydrogen (secondary N) is 1. The lowest BCUT2D eigenvalue weighted by Crippen LogP contribution is -2.21. The minimum absolute atomic E-state index is 0.777. The minimum atomic E-state index is 0.777. The first-order valence-corrected chi connectivity index (χ1v) is 8.69. The van der Waals surface area contributed by atoms with Gasteiger partial charge in [0.1, 0.15) is 0 Å². The molecule has 0 radical (unpaired) electrons. The van der Waals surface area contributed by atoms with Gasteiger partial charge in [-0.15, -0.1) is 0 Å². The SMILES string of the molecule is CC(C)C1CCN(c2ccc(CNC3CC3)cc2Br)C1. The van der Waals surface area contributed by atoms with E-state index in [1.54, 1.807) is 0 Å². The first-order chi connectivity index (χ1) is 9.63. The van der Waals surface area contributed by atoms with E-state index in [-0.39, 0.29) is 0 Å². The first kappa shape index (κ1) is 14.4. The van der Waals surface area contributed by atoms with Gasteiger partial charge in [0.15, 0.2) is 0 Å². The van der Waals surface area contributed by atoms with Crippen molar-refractivity contribution in [1.29, 1.82) is 0 Å². The maximum absolute atomic E-state index is 3.77. The van der Waals surface area contributed by atoms with Crippen LogP contribution in [0.5, 0.6) is 0 Å². The van der Waals surface area contributed by atoms with Gasteiger partial charge >= 0.3 is 0 Å². The third kappa shape index (κ3) is 3.37. The van der Waals surface area contributed by atoms with Crippen LogP contribution in [0.15, 0.2) is 22.7 Å². The van der Waals surface area contributed by atoms with E-state index in [1.165, 1.54) is 48.1 Å².